The highest BCUT2D eigenvalue weighted by atomic mass is 16.5. The number of ether oxygens (including phenoxy) is 2. The zero-order chi connectivity index (χ0) is 12.4. The molecule has 1 amide bonds. The van der Waals surface area contributed by atoms with Crippen molar-refractivity contribution < 1.29 is 14.3 Å². The molecule has 92 valence electrons. The molecule has 0 aromatic heterocycles. The Balaban J connectivity index is 2.15. The van der Waals surface area contributed by atoms with E-state index in [1.54, 1.807) is 32.4 Å². The van der Waals surface area contributed by atoms with Gasteiger partial charge in [-0.1, -0.05) is 6.92 Å². The van der Waals surface area contributed by atoms with Crippen LogP contribution in [0.2, 0.25) is 0 Å². The molecule has 1 saturated carbocycles. The van der Waals surface area contributed by atoms with Crippen LogP contribution in [0.4, 0.5) is 5.69 Å². The Hall–Kier alpha value is -1.71. The number of methoxy groups -OCH3 is 2. The first kappa shape index (κ1) is 11.8. The molecule has 2 unspecified atom stereocenters. The van der Waals surface area contributed by atoms with E-state index in [9.17, 15) is 4.79 Å². The molecule has 1 aromatic carbocycles. The topological polar surface area (TPSA) is 47.6 Å². The van der Waals surface area contributed by atoms with Gasteiger partial charge in [0, 0.05) is 12.0 Å². The van der Waals surface area contributed by atoms with E-state index in [-0.39, 0.29) is 11.8 Å². The van der Waals surface area contributed by atoms with Gasteiger partial charge in [0.1, 0.15) is 11.5 Å². The largest absolute Gasteiger partial charge is 0.497 e. The molecule has 0 aliphatic heterocycles. The van der Waals surface area contributed by atoms with Gasteiger partial charge in [-0.3, -0.25) is 4.79 Å². The van der Waals surface area contributed by atoms with E-state index in [4.69, 9.17) is 9.47 Å². The average molecular weight is 235 g/mol. The van der Waals surface area contributed by atoms with Crippen molar-refractivity contribution in [3.05, 3.63) is 18.2 Å². The fourth-order valence-corrected chi connectivity index (χ4v) is 1.82. The van der Waals surface area contributed by atoms with E-state index < -0.39 is 0 Å². The number of rotatable bonds is 4. The van der Waals surface area contributed by atoms with Crippen LogP contribution in [0.15, 0.2) is 18.2 Å². The lowest BCUT2D eigenvalue weighted by molar-refractivity contribution is -0.117. The van der Waals surface area contributed by atoms with Crippen molar-refractivity contribution in [1.29, 1.82) is 0 Å². The van der Waals surface area contributed by atoms with Gasteiger partial charge < -0.3 is 14.8 Å². The summed E-state index contributed by atoms with van der Waals surface area (Å²) in [6, 6.07) is 5.35. The number of anilines is 1. The summed E-state index contributed by atoms with van der Waals surface area (Å²) >= 11 is 0. The first-order valence-corrected chi connectivity index (χ1v) is 5.68. The molecular weight excluding hydrogens is 218 g/mol. The molecule has 1 aliphatic carbocycles. The van der Waals surface area contributed by atoms with Crippen LogP contribution in [-0.4, -0.2) is 20.1 Å². The van der Waals surface area contributed by atoms with Gasteiger partial charge in [0.15, 0.2) is 0 Å². The highest BCUT2D eigenvalue weighted by Gasteiger charge is 2.39. The fourth-order valence-electron chi connectivity index (χ4n) is 1.82. The summed E-state index contributed by atoms with van der Waals surface area (Å²) in [5, 5.41) is 2.88. The minimum Gasteiger partial charge on any atom is -0.497 e. The summed E-state index contributed by atoms with van der Waals surface area (Å²) in [5.74, 6) is 2.04. The molecule has 0 saturated heterocycles. The zero-order valence-electron chi connectivity index (χ0n) is 10.3. The molecule has 1 aromatic rings. The van der Waals surface area contributed by atoms with Gasteiger partial charge in [0.25, 0.3) is 0 Å². The molecular formula is C13H17NO3. The van der Waals surface area contributed by atoms with E-state index in [0.717, 1.165) is 6.42 Å². The van der Waals surface area contributed by atoms with Crippen molar-refractivity contribution in [2.75, 3.05) is 19.5 Å². The van der Waals surface area contributed by atoms with Crippen molar-refractivity contribution in [2.45, 2.75) is 13.3 Å². The molecule has 17 heavy (non-hydrogen) atoms. The first-order chi connectivity index (χ1) is 8.15. The van der Waals surface area contributed by atoms with Crippen molar-refractivity contribution in [3.8, 4) is 11.5 Å². The summed E-state index contributed by atoms with van der Waals surface area (Å²) in [6.45, 7) is 2.08. The van der Waals surface area contributed by atoms with E-state index in [1.807, 2.05) is 0 Å². The number of hydrogen-bond donors (Lipinski definition) is 1. The Morgan fingerprint density at radius 1 is 1.35 bits per heavy atom. The second-order valence-electron chi connectivity index (χ2n) is 4.37. The van der Waals surface area contributed by atoms with Crippen LogP contribution < -0.4 is 14.8 Å². The molecule has 2 rings (SSSR count). The summed E-state index contributed by atoms with van der Waals surface area (Å²) in [4.78, 5) is 11.8. The van der Waals surface area contributed by atoms with Crippen LogP contribution in [0.3, 0.4) is 0 Å². The average Bonchev–Trinajstić information content (AvgIpc) is 3.06. The first-order valence-electron chi connectivity index (χ1n) is 5.68. The molecule has 4 heteroatoms. The number of carbonyl (C=O) groups is 1. The smallest absolute Gasteiger partial charge is 0.227 e. The number of benzene rings is 1. The van der Waals surface area contributed by atoms with Gasteiger partial charge in [-0.25, -0.2) is 0 Å². The van der Waals surface area contributed by atoms with Crippen molar-refractivity contribution in [1.82, 2.24) is 0 Å². The maximum Gasteiger partial charge on any atom is 0.227 e. The Morgan fingerprint density at radius 2 is 2.06 bits per heavy atom. The van der Waals surface area contributed by atoms with Gasteiger partial charge >= 0.3 is 0 Å². The lowest BCUT2D eigenvalue weighted by atomic mass is 10.2. The fraction of sp³-hybridized carbons (Fsp3) is 0.462. The molecule has 1 aliphatic rings. The maximum atomic E-state index is 11.8. The second-order valence-corrected chi connectivity index (χ2v) is 4.37. The number of carbonyl (C=O) groups excluding carboxylic acids is 1. The van der Waals surface area contributed by atoms with Crippen LogP contribution >= 0.6 is 0 Å². The van der Waals surface area contributed by atoms with Crippen molar-refractivity contribution in [3.63, 3.8) is 0 Å². The highest BCUT2D eigenvalue weighted by Crippen LogP contribution is 2.39. The van der Waals surface area contributed by atoms with Gasteiger partial charge in [0.05, 0.1) is 19.9 Å². The van der Waals surface area contributed by atoms with E-state index >= 15 is 0 Å². The normalized spacial score (nSPS) is 21.8. The lowest BCUT2D eigenvalue weighted by Crippen LogP contribution is -2.15. The van der Waals surface area contributed by atoms with Crippen LogP contribution in [0.1, 0.15) is 13.3 Å². The van der Waals surface area contributed by atoms with Gasteiger partial charge in [-0.2, -0.15) is 0 Å². The Morgan fingerprint density at radius 3 is 2.59 bits per heavy atom. The number of nitrogens with one attached hydrogen (secondary N) is 1. The number of hydrogen-bond acceptors (Lipinski definition) is 3. The maximum absolute atomic E-state index is 11.8. The minimum absolute atomic E-state index is 0.0593. The Labute approximate surface area is 101 Å². The third kappa shape index (κ3) is 2.52. The highest BCUT2D eigenvalue weighted by molar-refractivity contribution is 5.95. The quantitative estimate of drug-likeness (QED) is 0.871. The number of amides is 1. The van der Waals surface area contributed by atoms with Crippen molar-refractivity contribution >= 4 is 11.6 Å². The monoisotopic (exact) mass is 235 g/mol. The lowest BCUT2D eigenvalue weighted by Gasteiger charge is -2.11. The van der Waals surface area contributed by atoms with Crippen LogP contribution in [0.5, 0.6) is 11.5 Å². The predicted octanol–water partition coefficient (Wildman–Crippen LogP) is 2.30. The van der Waals surface area contributed by atoms with Gasteiger partial charge in [-0.05, 0) is 24.5 Å². The third-order valence-electron chi connectivity index (χ3n) is 3.11. The molecule has 1 N–H and O–H groups in total. The van der Waals surface area contributed by atoms with E-state index in [1.165, 1.54) is 0 Å². The molecule has 2 atom stereocenters. The summed E-state index contributed by atoms with van der Waals surface area (Å²) in [5.41, 5.74) is 0.663. The van der Waals surface area contributed by atoms with Gasteiger partial charge in [-0.15, -0.1) is 0 Å². The molecule has 0 spiro atoms. The molecule has 4 nitrogen and oxygen atoms in total. The molecule has 0 heterocycles. The summed E-state index contributed by atoms with van der Waals surface area (Å²) in [6.07, 6.45) is 0.970. The Bertz CT molecular complexity index is 431. The van der Waals surface area contributed by atoms with E-state index in [2.05, 4.69) is 12.2 Å². The van der Waals surface area contributed by atoms with Crippen LogP contribution in [0.25, 0.3) is 0 Å². The van der Waals surface area contributed by atoms with E-state index in [0.29, 0.717) is 23.1 Å². The molecule has 1 fully saturated rings. The van der Waals surface area contributed by atoms with Gasteiger partial charge in [0.2, 0.25) is 5.91 Å². The second kappa shape index (κ2) is 4.65. The SMILES string of the molecule is COc1ccc(OC)c(NC(=O)C2CC2C)c1. The van der Waals surface area contributed by atoms with Crippen LogP contribution in [-0.2, 0) is 4.79 Å². The minimum atomic E-state index is 0.0593. The Kier molecular flexibility index (Phi) is 3.22. The molecule has 0 bridgehead atoms. The summed E-state index contributed by atoms with van der Waals surface area (Å²) < 4.78 is 10.3. The summed E-state index contributed by atoms with van der Waals surface area (Å²) in [7, 11) is 3.17. The van der Waals surface area contributed by atoms with Crippen molar-refractivity contribution in [2.24, 2.45) is 11.8 Å². The zero-order valence-corrected chi connectivity index (χ0v) is 10.3. The standard InChI is InChI=1S/C13H17NO3/c1-8-6-10(8)13(15)14-11-7-9(16-2)4-5-12(11)17-3/h4-5,7-8,10H,6H2,1-3H3,(H,14,15). The third-order valence-corrected chi connectivity index (χ3v) is 3.11. The molecule has 0 radical (unpaired) electrons. The van der Waals surface area contributed by atoms with Crippen LogP contribution in [0, 0.1) is 11.8 Å². The predicted molar refractivity (Wildman–Crippen MR) is 65.4 cm³/mol.